The molecule has 0 radical (unpaired) electrons. The summed E-state index contributed by atoms with van der Waals surface area (Å²) in [5.41, 5.74) is 7.70. The Hall–Kier alpha value is -8.04. The third-order valence-electron chi connectivity index (χ3n) is 9.60. The van der Waals surface area contributed by atoms with Crippen molar-refractivity contribution >= 4 is 0 Å². The van der Waals surface area contributed by atoms with Gasteiger partial charge in [0.1, 0.15) is 60.9 Å². The Morgan fingerprint density at radius 2 is 1.15 bits per heavy atom. The summed E-state index contributed by atoms with van der Waals surface area (Å²) in [5.74, 6) is 14.3. The first kappa shape index (κ1) is 42.6. The monoisotopic (exact) mass is 806 g/mol. The Morgan fingerprint density at radius 1 is 0.639 bits per heavy atom. The average Bonchev–Trinajstić information content (AvgIpc) is 3.30. The molecule has 0 bridgehead atoms. The number of benzene rings is 4. The fourth-order valence-corrected chi connectivity index (χ4v) is 6.76. The van der Waals surface area contributed by atoms with Crippen LogP contribution in [0.4, 0.5) is 0 Å². The zero-order valence-corrected chi connectivity index (χ0v) is 34.0. The molecule has 0 amide bonds. The molecule has 4 aromatic carbocycles. The standard InChI is InChI=1S/C53H46N2O6/c1-7-15-48(54-36-44-34-42(22-28-51(44)60-38-54)40-18-24-46(25-19-40)56-30-8-2)53(59-33-11-5)17-14-13-16-49(50(12-6)58-32-10-4)55-37-45-35-43(23-29-52(45)61-39-55)41-20-26-47(27-21-41)57-31-9-3/h2-5,7,12-13,15-29,34-35H,1,6,14,30-33,36-39H2/b16-13?,48-15+,50-49-,53-17+. The molecule has 0 spiro atoms. The highest BCUT2D eigenvalue weighted by Crippen LogP contribution is 2.35. The molecule has 0 aliphatic carbocycles. The molecule has 2 heterocycles. The van der Waals surface area contributed by atoms with Gasteiger partial charge in [0.15, 0.2) is 13.5 Å². The van der Waals surface area contributed by atoms with E-state index in [1.165, 1.54) is 0 Å². The normalized spacial score (nSPS) is 13.6. The van der Waals surface area contributed by atoms with Gasteiger partial charge < -0.3 is 38.2 Å². The maximum atomic E-state index is 6.25. The van der Waals surface area contributed by atoms with E-state index in [4.69, 9.17) is 54.1 Å². The summed E-state index contributed by atoms with van der Waals surface area (Å²) in [7, 11) is 0. The molecule has 6 rings (SSSR count). The molecule has 2 aliphatic rings. The van der Waals surface area contributed by atoms with E-state index in [2.05, 4.69) is 58.8 Å². The molecule has 0 aromatic heterocycles. The molecule has 0 saturated heterocycles. The first-order valence-corrected chi connectivity index (χ1v) is 19.5. The topological polar surface area (TPSA) is 61.9 Å². The van der Waals surface area contributed by atoms with E-state index in [9.17, 15) is 0 Å². The number of hydrogen-bond acceptors (Lipinski definition) is 8. The molecule has 2 aliphatic heterocycles. The number of terminal acetylenes is 4. The molecule has 0 unspecified atom stereocenters. The zero-order chi connectivity index (χ0) is 42.8. The van der Waals surface area contributed by atoms with E-state index in [1.807, 2.05) is 97.1 Å². The lowest BCUT2D eigenvalue weighted by molar-refractivity contribution is 0.116. The molecule has 61 heavy (non-hydrogen) atoms. The second kappa shape index (κ2) is 21.6. The van der Waals surface area contributed by atoms with Crippen molar-refractivity contribution in [1.29, 1.82) is 0 Å². The SMILES string of the molecule is C#CCO/C(C=C)=C(/C=CC/C=C(OCC#C)\C(=C/C=C)N1COc2ccc(-c3ccc(OCC#C)cc3)cc2C1)N1COc2ccc(-c3ccc(OCC#C)cc3)cc2C1. The minimum absolute atomic E-state index is 0.0718. The molecule has 8 nitrogen and oxygen atoms in total. The van der Waals surface area contributed by atoms with Gasteiger partial charge in [-0.1, -0.05) is 85.4 Å². The summed E-state index contributed by atoms with van der Waals surface area (Å²) in [5, 5.41) is 0. The maximum Gasteiger partial charge on any atom is 0.161 e. The minimum atomic E-state index is 0.0718. The Morgan fingerprint density at radius 3 is 1.67 bits per heavy atom. The van der Waals surface area contributed by atoms with Crippen molar-refractivity contribution in [2.45, 2.75) is 19.5 Å². The highest BCUT2D eigenvalue weighted by atomic mass is 16.5. The Bertz CT molecular complexity index is 2500. The summed E-state index contributed by atoms with van der Waals surface area (Å²) in [6.45, 7) is 10.3. The quantitative estimate of drug-likeness (QED) is 0.0560. The third kappa shape index (κ3) is 11.1. The fourth-order valence-electron chi connectivity index (χ4n) is 6.76. The lowest BCUT2D eigenvalue weighted by Crippen LogP contribution is -2.32. The van der Waals surface area contributed by atoms with Gasteiger partial charge in [-0.15, -0.1) is 25.7 Å². The van der Waals surface area contributed by atoms with Crippen LogP contribution < -0.4 is 18.9 Å². The van der Waals surface area contributed by atoms with Gasteiger partial charge in [0.05, 0.1) is 11.4 Å². The van der Waals surface area contributed by atoms with Crippen LogP contribution >= 0.6 is 0 Å². The predicted octanol–water partition coefficient (Wildman–Crippen LogP) is 9.65. The maximum absolute atomic E-state index is 6.25. The third-order valence-corrected chi connectivity index (χ3v) is 9.60. The van der Waals surface area contributed by atoms with E-state index < -0.39 is 0 Å². The van der Waals surface area contributed by atoms with Crippen LogP contribution in [0.25, 0.3) is 22.3 Å². The minimum Gasteiger partial charge on any atom is -0.481 e. The van der Waals surface area contributed by atoms with Gasteiger partial charge in [-0.2, -0.15) is 0 Å². The lowest BCUT2D eigenvalue weighted by atomic mass is 10.0. The van der Waals surface area contributed by atoms with Gasteiger partial charge in [0, 0.05) is 24.2 Å². The van der Waals surface area contributed by atoms with Crippen molar-refractivity contribution in [3.05, 3.63) is 169 Å². The average molecular weight is 807 g/mol. The largest absolute Gasteiger partial charge is 0.481 e. The summed E-state index contributed by atoms with van der Waals surface area (Å²) in [6, 6.07) is 28.0. The number of ether oxygens (including phenoxy) is 6. The van der Waals surface area contributed by atoms with E-state index in [0.717, 1.165) is 56.3 Å². The Labute approximate surface area is 359 Å². The molecule has 0 fully saturated rings. The van der Waals surface area contributed by atoms with Crippen LogP contribution in [-0.4, -0.2) is 49.7 Å². The summed E-state index contributed by atoms with van der Waals surface area (Å²) < 4.78 is 35.7. The predicted molar refractivity (Wildman–Crippen MR) is 241 cm³/mol. The van der Waals surface area contributed by atoms with Crippen LogP contribution in [0, 0.1) is 49.4 Å². The number of rotatable bonds is 18. The second-order valence-electron chi connectivity index (χ2n) is 13.6. The lowest BCUT2D eigenvalue weighted by Gasteiger charge is -2.33. The van der Waals surface area contributed by atoms with Crippen molar-refractivity contribution in [1.82, 2.24) is 9.80 Å². The number of nitrogens with zero attached hydrogens (tertiary/aromatic N) is 2. The molecule has 0 N–H and O–H groups in total. The van der Waals surface area contributed by atoms with Crippen LogP contribution in [0.3, 0.4) is 0 Å². The number of hydrogen-bond donors (Lipinski definition) is 0. The van der Waals surface area contributed by atoms with Gasteiger partial charge in [0.25, 0.3) is 0 Å². The van der Waals surface area contributed by atoms with Gasteiger partial charge >= 0.3 is 0 Å². The van der Waals surface area contributed by atoms with E-state index in [-0.39, 0.29) is 33.2 Å². The van der Waals surface area contributed by atoms with Crippen LogP contribution in [0.2, 0.25) is 0 Å². The van der Waals surface area contributed by atoms with Crippen molar-refractivity contribution in [2.24, 2.45) is 0 Å². The molecule has 0 saturated carbocycles. The Kier molecular flexibility index (Phi) is 15.1. The number of fused-ring (bicyclic) bond motifs is 2. The van der Waals surface area contributed by atoms with Gasteiger partial charge in [-0.3, -0.25) is 0 Å². The second-order valence-corrected chi connectivity index (χ2v) is 13.6. The highest BCUT2D eigenvalue weighted by molar-refractivity contribution is 5.68. The zero-order valence-electron chi connectivity index (χ0n) is 34.0. The van der Waals surface area contributed by atoms with Crippen LogP contribution in [-0.2, 0) is 22.6 Å². The van der Waals surface area contributed by atoms with Crippen LogP contribution in [0.5, 0.6) is 23.0 Å². The highest BCUT2D eigenvalue weighted by Gasteiger charge is 2.24. The van der Waals surface area contributed by atoms with Gasteiger partial charge in [0.2, 0.25) is 0 Å². The summed E-state index contributed by atoms with van der Waals surface area (Å²) in [6.07, 6.45) is 33.7. The summed E-state index contributed by atoms with van der Waals surface area (Å²) >= 11 is 0. The first-order chi connectivity index (χ1) is 30.0. The van der Waals surface area contributed by atoms with E-state index >= 15 is 0 Å². The fraction of sp³-hybridized carbons (Fsp3) is 0.170. The van der Waals surface area contributed by atoms with Crippen LogP contribution in [0.15, 0.2) is 157 Å². The Balaban J connectivity index is 1.21. The molecular formula is C53H46N2O6. The van der Waals surface area contributed by atoms with Crippen molar-refractivity contribution in [3.63, 3.8) is 0 Å². The first-order valence-electron chi connectivity index (χ1n) is 19.5. The van der Waals surface area contributed by atoms with Crippen LogP contribution in [0.1, 0.15) is 17.5 Å². The van der Waals surface area contributed by atoms with Gasteiger partial charge in [-0.05, 0) is 102 Å². The molecular weight excluding hydrogens is 761 g/mol. The molecule has 4 aromatic rings. The van der Waals surface area contributed by atoms with Crippen molar-refractivity contribution in [3.8, 4) is 94.6 Å². The van der Waals surface area contributed by atoms with Crippen molar-refractivity contribution < 1.29 is 28.4 Å². The smallest absolute Gasteiger partial charge is 0.161 e. The summed E-state index contributed by atoms with van der Waals surface area (Å²) in [4.78, 5) is 4.16. The van der Waals surface area contributed by atoms with Gasteiger partial charge in [-0.25, -0.2) is 0 Å². The molecule has 304 valence electrons. The number of allylic oxidation sites excluding steroid dienone is 6. The molecule has 8 heteroatoms. The van der Waals surface area contributed by atoms with Crippen molar-refractivity contribution in [2.75, 3.05) is 39.9 Å². The van der Waals surface area contributed by atoms with E-state index in [1.54, 1.807) is 12.2 Å². The van der Waals surface area contributed by atoms with E-state index in [0.29, 0.717) is 49.3 Å². The molecule has 0 atom stereocenters.